The molecule has 8 heteroatoms. The Morgan fingerprint density at radius 3 is 1.12 bits per heavy atom. The van der Waals surface area contributed by atoms with Gasteiger partial charge < -0.3 is 10.2 Å². The van der Waals surface area contributed by atoms with E-state index in [1.165, 1.54) is 48.5 Å². The Hall–Kier alpha value is -2.84. The van der Waals surface area contributed by atoms with Crippen LogP contribution in [0.1, 0.15) is 0 Å². The van der Waals surface area contributed by atoms with E-state index in [1.807, 2.05) is 0 Å². The fraction of sp³-hybridized carbons (Fsp3) is 0. The summed E-state index contributed by atoms with van der Waals surface area (Å²) in [5, 5.41) is 19.5. The molecule has 0 aliphatic heterocycles. The number of hydrogen-bond donors (Lipinski definition) is 2. The van der Waals surface area contributed by atoms with Crippen LogP contribution < -0.4 is 0 Å². The summed E-state index contributed by atoms with van der Waals surface area (Å²) in [7, 11) is -8.00. The molecule has 6 nitrogen and oxygen atoms in total. The van der Waals surface area contributed by atoms with Crippen LogP contribution in [-0.2, 0) is 19.7 Å². The molecule has 3 aromatic carbocycles. The van der Waals surface area contributed by atoms with Crippen LogP contribution in [0.3, 0.4) is 0 Å². The molecule has 2 N–H and O–H groups in total. The minimum absolute atomic E-state index is 0.157. The van der Waals surface area contributed by atoms with Crippen molar-refractivity contribution in [2.75, 3.05) is 0 Å². The van der Waals surface area contributed by atoms with Gasteiger partial charge in [-0.05, 0) is 48.5 Å². The zero-order valence-electron chi connectivity index (χ0n) is 13.3. The van der Waals surface area contributed by atoms with Crippen LogP contribution in [0.25, 0.3) is 0 Å². The number of sulfone groups is 2. The Morgan fingerprint density at radius 1 is 0.500 bits per heavy atom. The van der Waals surface area contributed by atoms with E-state index in [2.05, 4.69) is 0 Å². The molecule has 0 unspecified atom stereocenters. The van der Waals surface area contributed by atoms with Gasteiger partial charge in [-0.3, -0.25) is 0 Å². The number of phenols is 2. The lowest BCUT2D eigenvalue weighted by molar-refractivity contribution is 0.457. The van der Waals surface area contributed by atoms with Crippen molar-refractivity contribution in [3.63, 3.8) is 0 Å². The minimum Gasteiger partial charge on any atom is -0.507 e. The molecule has 0 radical (unpaired) electrons. The second-order valence-electron chi connectivity index (χ2n) is 5.41. The van der Waals surface area contributed by atoms with Crippen molar-refractivity contribution in [2.24, 2.45) is 0 Å². The minimum atomic E-state index is -4.00. The van der Waals surface area contributed by atoms with Crippen molar-refractivity contribution in [2.45, 2.75) is 19.6 Å². The van der Waals surface area contributed by atoms with Crippen molar-refractivity contribution >= 4 is 19.7 Å². The lowest BCUT2D eigenvalue weighted by Crippen LogP contribution is -2.05. The van der Waals surface area contributed by atoms with Gasteiger partial charge in [0, 0.05) is 0 Å². The maximum Gasteiger partial charge on any atom is 0.210 e. The Bertz CT molecular complexity index is 1070. The standard InChI is InChI=1S/C18H14O6S2/c19-15-5-1-3-7-17(15)25(21,22)13-9-11-14(12-10-13)26(23,24)18-8-4-2-6-16(18)20/h1-12,19-20H. The molecule has 0 bridgehead atoms. The third-order valence-electron chi connectivity index (χ3n) is 3.75. The largest absolute Gasteiger partial charge is 0.507 e. The third kappa shape index (κ3) is 3.04. The van der Waals surface area contributed by atoms with Gasteiger partial charge in [0.1, 0.15) is 21.3 Å². The summed E-state index contributed by atoms with van der Waals surface area (Å²) in [5.74, 6) is -0.781. The van der Waals surface area contributed by atoms with Gasteiger partial charge >= 0.3 is 0 Å². The van der Waals surface area contributed by atoms with Gasteiger partial charge in [0.15, 0.2) is 0 Å². The van der Waals surface area contributed by atoms with Gasteiger partial charge in [-0.25, -0.2) is 16.8 Å². The molecule has 0 amide bonds. The first-order valence-corrected chi connectivity index (χ1v) is 10.4. The smallest absolute Gasteiger partial charge is 0.210 e. The quantitative estimate of drug-likeness (QED) is 0.709. The Kier molecular flexibility index (Phi) is 4.47. The van der Waals surface area contributed by atoms with Gasteiger partial charge in [-0.15, -0.1) is 0 Å². The predicted molar refractivity (Wildman–Crippen MR) is 93.6 cm³/mol. The highest BCUT2D eigenvalue weighted by molar-refractivity contribution is 7.92. The van der Waals surface area contributed by atoms with Gasteiger partial charge in [-0.1, -0.05) is 24.3 Å². The predicted octanol–water partition coefficient (Wildman–Crippen LogP) is 2.76. The summed E-state index contributed by atoms with van der Waals surface area (Å²) < 4.78 is 50.4. The van der Waals surface area contributed by atoms with Crippen LogP contribution in [-0.4, -0.2) is 27.0 Å². The molecular formula is C18H14O6S2. The summed E-state index contributed by atoms with van der Waals surface area (Å²) >= 11 is 0. The van der Waals surface area contributed by atoms with Crippen molar-refractivity contribution in [3.8, 4) is 11.5 Å². The first-order chi connectivity index (χ1) is 12.2. The normalized spacial score (nSPS) is 12.0. The monoisotopic (exact) mass is 390 g/mol. The first-order valence-electron chi connectivity index (χ1n) is 7.41. The van der Waals surface area contributed by atoms with E-state index >= 15 is 0 Å². The Morgan fingerprint density at radius 2 is 0.808 bits per heavy atom. The van der Waals surface area contributed by atoms with Crippen molar-refractivity contribution in [1.82, 2.24) is 0 Å². The lowest BCUT2D eigenvalue weighted by atomic mass is 10.3. The van der Waals surface area contributed by atoms with E-state index in [0.29, 0.717) is 0 Å². The van der Waals surface area contributed by atoms with Crippen molar-refractivity contribution in [3.05, 3.63) is 72.8 Å². The molecule has 3 rings (SSSR count). The van der Waals surface area contributed by atoms with Crippen LogP contribution in [0.15, 0.2) is 92.4 Å². The second-order valence-corrected chi connectivity index (χ2v) is 9.25. The number of para-hydroxylation sites is 2. The highest BCUT2D eigenvalue weighted by atomic mass is 32.2. The molecule has 0 saturated carbocycles. The molecule has 0 heterocycles. The molecule has 0 atom stereocenters. The molecule has 0 aliphatic rings. The molecular weight excluding hydrogens is 376 g/mol. The van der Waals surface area contributed by atoms with E-state index < -0.39 is 31.2 Å². The van der Waals surface area contributed by atoms with Gasteiger partial charge in [0.25, 0.3) is 0 Å². The van der Waals surface area contributed by atoms with Crippen LogP contribution in [0.4, 0.5) is 0 Å². The van der Waals surface area contributed by atoms with Gasteiger partial charge in [-0.2, -0.15) is 0 Å². The van der Waals surface area contributed by atoms with Crippen molar-refractivity contribution < 1.29 is 27.0 Å². The fourth-order valence-corrected chi connectivity index (χ4v) is 5.12. The Balaban J connectivity index is 2.05. The van der Waals surface area contributed by atoms with Gasteiger partial charge in [0.2, 0.25) is 19.7 Å². The molecule has 3 aromatic rings. The van der Waals surface area contributed by atoms with Gasteiger partial charge in [0.05, 0.1) is 9.79 Å². The number of benzene rings is 3. The van der Waals surface area contributed by atoms with Crippen LogP contribution in [0.2, 0.25) is 0 Å². The molecule has 26 heavy (non-hydrogen) atoms. The lowest BCUT2D eigenvalue weighted by Gasteiger charge is -2.09. The van der Waals surface area contributed by atoms with E-state index in [-0.39, 0.29) is 19.6 Å². The van der Waals surface area contributed by atoms with Crippen LogP contribution in [0.5, 0.6) is 11.5 Å². The SMILES string of the molecule is O=S(=O)(c1ccc(S(=O)(=O)c2ccccc2O)cc1)c1ccccc1O. The molecule has 0 saturated heterocycles. The summed E-state index contributed by atoms with van der Waals surface area (Å²) in [4.78, 5) is -0.849. The molecule has 0 spiro atoms. The zero-order chi connectivity index (χ0) is 18.9. The van der Waals surface area contributed by atoms with E-state index in [1.54, 1.807) is 0 Å². The van der Waals surface area contributed by atoms with E-state index in [4.69, 9.17) is 0 Å². The third-order valence-corrected chi connectivity index (χ3v) is 7.39. The number of aromatic hydroxyl groups is 2. The van der Waals surface area contributed by atoms with E-state index in [0.717, 1.165) is 24.3 Å². The highest BCUT2D eigenvalue weighted by Crippen LogP contribution is 2.31. The highest BCUT2D eigenvalue weighted by Gasteiger charge is 2.24. The van der Waals surface area contributed by atoms with Crippen LogP contribution in [0, 0.1) is 0 Å². The second kappa shape index (κ2) is 6.47. The topological polar surface area (TPSA) is 109 Å². The summed E-state index contributed by atoms with van der Waals surface area (Å²) in [6.07, 6.45) is 0. The molecule has 0 fully saturated rings. The zero-order valence-corrected chi connectivity index (χ0v) is 14.9. The fourth-order valence-electron chi connectivity index (χ4n) is 2.42. The number of phenolic OH excluding ortho intramolecular Hbond substituents is 2. The average molecular weight is 390 g/mol. The number of rotatable bonds is 4. The summed E-state index contributed by atoms with van der Waals surface area (Å²) in [6.45, 7) is 0. The van der Waals surface area contributed by atoms with Crippen molar-refractivity contribution in [1.29, 1.82) is 0 Å². The summed E-state index contributed by atoms with van der Waals surface area (Å²) in [5.41, 5.74) is 0. The summed E-state index contributed by atoms with van der Waals surface area (Å²) in [6, 6.07) is 15.6. The maximum atomic E-state index is 12.6. The maximum absolute atomic E-state index is 12.6. The average Bonchev–Trinajstić information content (AvgIpc) is 2.62. The number of hydrogen-bond acceptors (Lipinski definition) is 6. The first kappa shape index (κ1) is 18.0. The molecule has 134 valence electrons. The Labute approximate surface area is 150 Å². The van der Waals surface area contributed by atoms with E-state index in [9.17, 15) is 27.0 Å². The molecule has 0 aromatic heterocycles. The molecule has 0 aliphatic carbocycles. The van der Waals surface area contributed by atoms with Crippen LogP contribution >= 0.6 is 0 Å².